The Balaban J connectivity index is 1.80. The van der Waals surface area contributed by atoms with E-state index in [4.69, 9.17) is 0 Å². The molecule has 0 aliphatic carbocycles. The van der Waals surface area contributed by atoms with Crippen LogP contribution in [0.2, 0.25) is 0 Å². The first-order valence-electron chi connectivity index (χ1n) is 7.28. The van der Waals surface area contributed by atoms with E-state index in [-0.39, 0.29) is 12.0 Å². The number of piperidine rings is 2. The Morgan fingerprint density at radius 3 is 2.44 bits per heavy atom. The highest BCUT2D eigenvalue weighted by Gasteiger charge is 2.31. The van der Waals surface area contributed by atoms with E-state index >= 15 is 0 Å². The summed E-state index contributed by atoms with van der Waals surface area (Å²) in [4.78, 5) is 14.4. The van der Waals surface area contributed by atoms with Crippen molar-refractivity contribution < 1.29 is 9.90 Å². The number of carbonyl (C=O) groups is 1. The second-order valence-electron chi connectivity index (χ2n) is 5.99. The van der Waals surface area contributed by atoms with Crippen molar-refractivity contribution in [3.05, 3.63) is 0 Å². The zero-order chi connectivity index (χ0) is 13.1. The molecule has 0 radical (unpaired) electrons. The molecule has 1 amide bonds. The fourth-order valence-corrected chi connectivity index (χ4v) is 3.07. The number of carbonyl (C=O) groups excluding carboxylic acids is 1. The third kappa shape index (κ3) is 3.23. The molecule has 0 aromatic rings. The monoisotopic (exact) mass is 254 g/mol. The molecule has 2 rings (SSSR count). The van der Waals surface area contributed by atoms with E-state index in [0.717, 1.165) is 45.3 Å². The second kappa shape index (κ2) is 6.02. The maximum absolute atomic E-state index is 12.4. The Morgan fingerprint density at radius 2 is 1.94 bits per heavy atom. The SMILES string of the molecule is CC1CCC(C(=O)N2CCC(C(C)O)CC2)CN1. The number of nitrogens with zero attached hydrogens (tertiary/aromatic N) is 1. The summed E-state index contributed by atoms with van der Waals surface area (Å²) in [6.45, 7) is 6.50. The van der Waals surface area contributed by atoms with E-state index in [2.05, 4.69) is 12.2 Å². The Hall–Kier alpha value is -0.610. The van der Waals surface area contributed by atoms with Gasteiger partial charge in [-0.15, -0.1) is 0 Å². The smallest absolute Gasteiger partial charge is 0.226 e. The van der Waals surface area contributed by atoms with Gasteiger partial charge in [0, 0.05) is 25.7 Å². The highest BCUT2D eigenvalue weighted by atomic mass is 16.3. The summed E-state index contributed by atoms with van der Waals surface area (Å²) >= 11 is 0. The maximum Gasteiger partial charge on any atom is 0.226 e. The minimum absolute atomic E-state index is 0.171. The van der Waals surface area contributed by atoms with Gasteiger partial charge in [-0.2, -0.15) is 0 Å². The Morgan fingerprint density at radius 1 is 1.28 bits per heavy atom. The number of aliphatic hydroxyl groups is 1. The Labute approximate surface area is 110 Å². The predicted octanol–water partition coefficient (Wildman–Crippen LogP) is 0.994. The molecule has 2 aliphatic rings. The van der Waals surface area contributed by atoms with Gasteiger partial charge in [0.05, 0.1) is 12.0 Å². The zero-order valence-corrected chi connectivity index (χ0v) is 11.6. The number of aliphatic hydroxyl groups excluding tert-OH is 1. The van der Waals surface area contributed by atoms with Crippen LogP contribution < -0.4 is 5.32 Å². The van der Waals surface area contributed by atoms with Crippen LogP contribution in [0.4, 0.5) is 0 Å². The molecule has 2 heterocycles. The normalized spacial score (nSPS) is 32.3. The van der Waals surface area contributed by atoms with Gasteiger partial charge in [0.25, 0.3) is 0 Å². The first-order chi connectivity index (χ1) is 8.58. The molecule has 0 saturated carbocycles. The summed E-state index contributed by atoms with van der Waals surface area (Å²) in [7, 11) is 0. The quantitative estimate of drug-likeness (QED) is 0.773. The molecule has 18 heavy (non-hydrogen) atoms. The Kier molecular flexibility index (Phi) is 4.62. The second-order valence-corrected chi connectivity index (χ2v) is 5.99. The number of hydrogen-bond donors (Lipinski definition) is 2. The molecule has 3 unspecified atom stereocenters. The molecular weight excluding hydrogens is 228 g/mol. The lowest BCUT2D eigenvalue weighted by Gasteiger charge is -2.37. The molecule has 0 bridgehead atoms. The Bertz CT molecular complexity index is 278. The molecule has 0 aromatic carbocycles. The van der Waals surface area contributed by atoms with Crippen LogP contribution in [0, 0.1) is 11.8 Å². The van der Waals surface area contributed by atoms with Gasteiger partial charge in [-0.05, 0) is 45.4 Å². The highest BCUT2D eigenvalue weighted by Crippen LogP contribution is 2.23. The van der Waals surface area contributed by atoms with E-state index < -0.39 is 0 Å². The molecule has 2 saturated heterocycles. The number of rotatable bonds is 2. The average molecular weight is 254 g/mol. The van der Waals surface area contributed by atoms with Gasteiger partial charge in [-0.1, -0.05) is 0 Å². The van der Waals surface area contributed by atoms with Gasteiger partial charge in [-0.25, -0.2) is 0 Å². The largest absolute Gasteiger partial charge is 0.393 e. The summed E-state index contributed by atoms with van der Waals surface area (Å²) in [5.41, 5.74) is 0. The van der Waals surface area contributed by atoms with Crippen molar-refractivity contribution in [1.29, 1.82) is 0 Å². The van der Waals surface area contributed by atoms with Crippen molar-refractivity contribution in [1.82, 2.24) is 10.2 Å². The lowest BCUT2D eigenvalue weighted by Crippen LogP contribution is -2.48. The fraction of sp³-hybridized carbons (Fsp3) is 0.929. The highest BCUT2D eigenvalue weighted by molar-refractivity contribution is 5.79. The van der Waals surface area contributed by atoms with Gasteiger partial charge in [0.2, 0.25) is 5.91 Å². The predicted molar refractivity (Wildman–Crippen MR) is 71.2 cm³/mol. The summed E-state index contributed by atoms with van der Waals surface area (Å²) in [5, 5.41) is 13.0. The van der Waals surface area contributed by atoms with Crippen molar-refractivity contribution >= 4 is 5.91 Å². The first-order valence-corrected chi connectivity index (χ1v) is 7.28. The van der Waals surface area contributed by atoms with E-state index in [1.807, 2.05) is 11.8 Å². The molecule has 0 aromatic heterocycles. The number of amides is 1. The topological polar surface area (TPSA) is 52.6 Å². The maximum atomic E-state index is 12.4. The third-order valence-corrected chi connectivity index (χ3v) is 4.54. The van der Waals surface area contributed by atoms with Crippen molar-refractivity contribution in [2.45, 2.75) is 51.7 Å². The standard InChI is InChI=1S/C14H26N2O2/c1-10-3-4-13(9-15-10)14(18)16-7-5-12(6-8-16)11(2)17/h10-13,15,17H,3-9H2,1-2H3. The minimum Gasteiger partial charge on any atom is -0.393 e. The summed E-state index contributed by atoms with van der Waals surface area (Å²) < 4.78 is 0. The van der Waals surface area contributed by atoms with Gasteiger partial charge < -0.3 is 15.3 Å². The summed E-state index contributed by atoms with van der Waals surface area (Å²) in [5.74, 6) is 0.862. The minimum atomic E-state index is -0.237. The van der Waals surface area contributed by atoms with Crippen LogP contribution in [0.1, 0.15) is 39.5 Å². The van der Waals surface area contributed by atoms with Crippen LogP contribution in [0.5, 0.6) is 0 Å². The lowest BCUT2D eigenvalue weighted by molar-refractivity contribution is -0.138. The van der Waals surface area contributed by atoms with Crippen LogP contribution >= 0.6 is 0 Å². The first kappa shape index (κ1) is 13.8. The molecule has 4 nitrogen and oxygen atoms in total. The van der Waals surface area contributed by atoms with E-state index in [1.165, 1.54) is 0 Å². The van der Waals surface area contributed by atoms with Gasteiger partial charge in [0.15, 0.2) is 0 Å². The molecule has 104 valence electrons. The number of nitrogens with one attached hydrogen (secondary N) is 1. The average Bonchev–Trinajstić information content (AvgIpc) is 2.39. The van der Waals surface area contributed by atoms with Crippen molar-refractivity contribution in [3.8, 4) is 0 Å². The third-order valence-electron chi connectivity index (χ3n) is 4.54. The van der Waals surface area contributed by atoms with E-state index in [0.29, 0.717) is 17.9 Å². The molecule has 2 N–H and O–H groups in total. The van der Waals surface area contributed by atoms with Crippen LogP contribution in [0.25, 0.3) is 0 Å². The molecular formula is C14H26N2O2. The molecule has 2 fully saturated rings. The van der Waals surface area contributed by atoms with Crippen molar-refractivity contribution in [2.75, 3.05) is 19.6 Å². The summed E-state index contributed by atoms with van der Waals surface area (Å²) in [6, 6.07) is 0.551. The van der Waals surface area contributed by atoms with Crippen LogP contribution in [-0.2, 0) is 4.79 Å². The van der Waals surface area contributed by atoms with Crippen LogP contribution in [0.15, 0.2) is 0 Å². The number of hydrogen-bond acceptors (Lipinski definition) is 3. The summed E-state index contributed by atoms with van der Waals surface area (Å²) in [6.07, 6.45) is 3.77. The van der Waals surface area contributed by atoms with E-state index in [9.17, 15) is 9.90 Å². The van der Waals surface area contributed by atoms with Crippen molar-refractivity contribution in [2.24, 2.45) is 11.8 Å². The molecule has 3 atom stereocenters. The van der Waals surface area contributed by atoms with Gasteiger partial charge in [0.1, 0.15) is 0 Å². The zero-order valence-electron chi connectivity index (χ0n) is 11.6. The van der Waals surface area contributed by atoms with Gasteiger partial charge >= 0.3 is 0 Å². The lowest BCUT2D eigenvalue weighted by atomic mass is 9.90. The van der Waals surface area contributed by atoms with Crippen LogP contribution in [-0.4, -0.2) is 47.7 Å². The van der Waals surface area contributed by atoms with Gasteiger partial charge in [-0.3, -0.25) is 4.79 Å². The molecule has 0 spiro atoms. The van der Waals surface area contributed by atoms with E-state index in [1.54, 1.807) is 0 Å². The number of likely N-dealkylation sites (tertiary alicyclic amines) is 1. The fourth-order valence-electron chi connectivity index (χ4n) is 3.07. The molecule has 4 heteroatoms. The van der Waals surface area contributed by atoms with Crippen molar-refractivity contribution in [3.63, 3.8) is 0 Å². The van der Waals surface area contributed by atoms with Crippen LogP contribution in [0.3, 0.4) is 0 Å². The molecule has 2 aliphatic heterocycles.